The number of hydrogen-bond donors (Lipinski definition) is 2. The van der Waals surface area contributed by atoms with Gasteiger partial charge in [0.2, 0.25) is 5.95 Å². The highest BCUT2D eigenvalue weighted by Gasteiger charge is 2.04. The smallest absolute Gasteiger partial charge is 0.229 e. The number of benzene rings is 1. The van der Waals surface area contributed by atoms with E-state index in [9.17, 15) is 0 Å². The Balaban J connectivity index is 2.03. The average Bonchev–Trinajstić information content (AvgIpc) is 2.48. The number of anilines is 3. The standard InChI is InChI=1S/C16H22N4O/c1-12(2)8-10-17-15-9-11-18-16(20-15)19-13-6-4-5-7-14(13)21-3/h4-7,9,11-12H,8,10H2,1-3H3,(H2,17,18,19,20). The van der Waals surface area contributed by atoms with Gasteiger partial charge in [-0.1, -0.05) is 26.0 Å². The van der Waals surface area contributed by atoms with Gasteiger partial charge < -0.3 is 15.4 Å². The quantitative estimate of drug-likeness (QED) is 0.813. The molecule has 1 aromatic carbocycles. The number of nitrogens with one attached hydrogen (secondary N) is 2. The zero-order valence-corrected chi connectivity index (χ0v) is 12.8. The summed E-state index contributed by atoms with van der Waals surface area (Å²) in [5, 5.41) is 6.48. The summed E-state index contributed by atoms with van der Waals surface area (Å²) in [6.45, 7) is 5.31. The highest BCUT2D eigenvalue weighted by molar-refractivity contribution is 5.62. The number of ether oxygens (including phenoxy) is 1. The van der Waals surface area contributed by atoms with Gasteiger partial charge in [0, 0.05) is 12.7 Å². The number of aromatic nitrogens is 2. The summed E-state index contributed by atoms with van der Waals surface area (Å²) >= 11 is 0. The lowest BCUT2D eigenvalue weighted by Crippen LogP contribution is -2.07. The maximum Gasteiger partial charge on any atom is 0.229 e. The minimum absolute atomic E-state index is 0.550. The normalized spacial score (nSPS) is 10.5. The van der Waals surface area contributed by atoms with E-state index >= 15 is 0 Å². The summed E-state index contributed by atoms with van der Waals surface area (Å²) in [4.78, 5) is 8.69. The molecule has 0 aliphatic rings. The van der Waals surface area contributed by atoms with Gasteiger partial charge in [-0.3, -0.25) is 0 Å². The van der Waals surface area contributed by atoms with Crippen LogP contribution < -0.4 is 15.4 Å². The third-order valence-corrected chi connectivity index (χ3v) is 3.04. The lowest BCUT2D eigenvalue weighted by atomic mass is 10.1. The van der Waals surface area contributed by atoms with Gasteiger partial charge in [-0.25, -0.2) is 4.98 Å². The Morgan fingerprint density at radius 2 is 2.00 bits per heavy atom. The first kappa shape index (κ1) is 15.1. The molecule has 21 heavy (non-hydrogen) atoms. The average molecular weight is 286 g/mol. The van der Waals surface area contributed by atoms with Crippen LogP contribution in [0.5, 0.6) is 5.75 Å². The van der Waals surface area contributed by atoms with Crippen LogP contribution in [-0.4, -0.2) is 23.6 Å². The van der Waals surface area contributed by atoms with E-state index in [-0.39, 0.29) is 0 Å². The SMILES string of the molecule is COc1ccccc1Nc1nccc(NCCC(C)C)n1. The summed E-state index contributed by atoms with van der Waals surface area (Å²) in [7, 11) is 1.64. The van der Waals surface area contributed by atoms with E-state index in [1.54, 1.807) is 13.3 Å². The Morgan fingerprint density at radius 1 is 1.19 bits per heavy atom. The van der Waals surface area contributed by atoms with E-state index in [0.717, 1.165) is 30.2 Å². The highest BCUT2D eigenvalue weighted by atomic mass is 16.5. The van der Waals surface area contributed by atoms with Crippen LogP contribution in [0, 0.1) is 5.92 Å². The van der Waals surface area contributed by atoms with Gasteiger partial charge in [-0.05, 0) is 30.5 Å². The van der Waals surface area contributed by atoms with E-state index < -0.39 is 0 Å². The molecule has 0 unspecified atom stereocenters. The molecule has 2 N–H and O–H groups in total. The number of hydrogen-bond acceptors (Lipinski definition) is 5. The lowest BCUT2D eigenvalue weighted by Gasteiger charge is -2.11. The molecule has 5 heteroatoms. The fourth-order valence-corrected chi connectivity index (χ4v) is 1.87. The van der Waals surface area contributed by atoms with Gasteiger partial charge in [-0.2, -0.15) is 4.98 Å². The monoisotopic (exact) mass is 286 g/mol. The summed E-state index contributed by atoms with van der Waals surface area (Å²) < 4.78 is 5.31. The molecule has 112 valence electrons. The third kappa shape index (κ3) is 4.63. The molecule has 0 radical (unpaired) electrons. The van der Waals surface area contributed by atoms with Crippen molar-refractivity contribution < 1.29 is 4.74 Å². The summed E-state index contributed by atoms with van der Waals surface area (Å²) in [6.07, 6.45) is 2.85. The minimum Gasteiger partial charge on any atom is -0.495 e. The van der Waals surface area contributed by atoms with Gasteiger partial charge in [-0.15, -0.1) is 0 Å². The number of nitrogens with zero attached hydrogens (tertiary/aromatic N) is 2. The second kappa shape index (κ2) is 7.47. The summed E-state index contributed by atoms with van der Waals surface area (Å²) in [6, 6.07) is 9.56. The molecule has 0 atom stereocenters. The maximum absolute atomic E-state index is 5.31. The zero-order valence-electron chi connectivity index (χ0n) is 12.8. The first-order valence-electron chi connectivity index (χ1n) is 7.16. The minimum atomic E-state index is 0.550. The van der Waals surface area contributed by atoms with E-state index in [0.29, 0.717) is 11.9 Å². The van der Waals surface area contributed by atoms with Gasteiger partial charge in [0.1, 0.15) is 11.6 Å². The Hall–Kier alpha value is -2.30. The third-order valence-electron chi connectivity index (χ3n) is 3.04. The van der Waals surface area contributed by atoms with E-state index in [1.807, 2.05) is 30.3 Å². The molecular formula is C16H22N4O. The Kier molecular flexibility index (Phi) is 5.37. The first-order valence-corrected chi connectivity index (χ1v) is 7.16. The van der Waals surface area contributed by atoms with Crippen LogP contribution in [0.3, 0.4) is 0 Å². The topological polar surface area (TPSA) is 59.1 Å². The van der Waals surface area contributed by atoms with Crippen molar-refractivity contribution in [1.29, 1.82) is 0 Å². The molecule has 0 aliphatic heterocycles. The lowest BCUT2D eigenvalue weighted by molar-refractivity contribution is 0.417. The van der Waals surface area contributed by atoms with Crippen molar-refractivity contribution in [3.8, 4) is 5.75 Å². The maximum atomic E-state index is 5.31. The number of rotatable bonds is 7. The van der Waals surface area contributed by atoms with Gasteiger partial charge in [0.15, 0.2) is 0 Å². The van der Waals surface area contributed by atoms with Crippen molar-refractivity contribution in [3.05, 3.63) is 36.5 Å². The van der Waals surface area contributed by atoms with Crippen LogP contribution in [-0.2, 0) is 0 Å². The highest BCUT2D eigenvalue weighted by Crippen LogP contribution is 2.25. The number of para-hydroxylation sites is 2. The fourth-order valence-electron chi connectivity index (χ4n) is 1.87. The molecule has 0 aliphatic carbocycles. The number of methoxy groups -OCH3 is 1. The van der Waals surface area contributed by atoms with Crippen LogP contribution >= 0.6 is 0 Å². The van der Waals surface area contributed by atoms with Crippen molar-refractivity contribution in [2.45, 2.75) is 20.3 Å². The van der Waals surface area contributed by atoms with Crippen molar-refractivity contribution in [1.82, 2.24) is 9.97 Å². The molecule has 0 fully saturated rings. The zero-order chi connectivity index (χ0) is 15.1. The van der Waals surface area contributed by atoms with E-state index in [2.05, 4.69) is 34.4 Å². The molecule has 2 aromatic rings. The van der Waals surface area contributed by atoms with Crippen LogP contribution in [0.1, 0.15) is 20.3 Å². The van der Waals surface area contributed by atoms with Crippen molar-refractivity contribution >= 4 is 17.5 Å². The fraction of sp³-hybridized carbons (Fsp3) is 0.375. The molecular weight excluding hydrogens is 264 g/mol. The van der Waals surface area contributed by atoms with Crippen molar-refractivity contribution in [3.63, 3.8) is 0 Å². The van der Waals surface area contributed by atoms with Crippen LogP contribution in [0.2, 0.25) is 0 Å². The molecule has 0 saturated heterocycles. The van der Waals surface area contributed by atoms with Crippen molar-refractivity contribution in [2.24, 2.45) is 5.92 Å². The molecule has 0 amide bonds. The van der Waals surface area contributed by atoms with Crippen LogP contribution in [0.25, 0.3) is 0 Å². The Labute approximate surface area is 125 Å². The Morgan fingerprint density at radius 3 is 2.76 bits per heavy atom. The Bertz CT molecular complexity index is 572. The molecule has 0 bridgehead atoms. The predicted molar refractivity (Wildman–Crippen MR) is 86.3 cm³/mol. The predicted octanol–water partition coefficient (Wildman–Crippen LogP) is 3.69. The molecule has 2 rings (SSSR count). The summed E-state index contributed by atoms with van der Waals surface area (Å²) in [5.74, 6) is 2.81. The second-order valence-electron chi connectivity index (χ2n) is 5.20. The largest absolute Gasteiger partial charge is 0.495 e. The molecule has 1 heterocycles. The van der Waals surface area contributed by atoms with Crippen LogP contribution in [0.15, 0.2) is 36.5 Å². The molecule has 0 spiro atoms. The van der Waals surface area contributed by atoms with E-state index in [4.69, 9.17) is 4.74 Å². The van der Waals surface area contributed by atoms with E-state index in [1.165, 1.54) is 0 Å². The molecule has 1 aromatic heterocycles. The van der Waals surface area contributed by atoms with Gasteiger partial charge in [0.25, 0.3) is 0 Å². The first-order chi connectivity index (χ1) is 10.2. The molecule has 0 saturated carbocycles. The van der Waals surface area contributed by atoms with Crippen LogP contribution in [0.4, 0.5) is 17.5 Å². The van der Waals surface area contributed by atoms with Gasteiger partial charge >= 0.3 is 0 Å². The second-order valence-corrected chi connectivity index (χ2v) is 5.20. The van der Waals surface area contributed by atoms with Gasteiger partial charge in [0.05, 0.1) is 12.8 Å². The molecule has 5 nitrogen and oxygen atoms in total. The van der Waals surface area contributed by atoms with Crippen molar-refractivity contribution in [2.75, 3.05) is 24.3 Å². The summed E-state index contributed by atoms with van der Waals surface area (Å²) in [5.41, 5.74) is 0.847.